The number of thiophene rings is 1. The number of sulfonamides is 1. The Bertz CT molecular complexity index is 1280. The summed E-state index contributed by atoms with van der Waals surface area (Å²) >= 11 is 1.10. The van der Waals surface area contributed by atoms with Crippen molar-refractivity contribution in [3.8, 4) is 0 Å². The minimum absolute atomic E-state index is 0.0633. The Labute approximate surface area is 216 Å². The summed E-state index contributed by atoms with van der Waals surface area (Å²) in [6.45, 7) is 3.36. The highest BCUT2D eigenvalue weighted by atomic mass is 32.2. The summed E-state index contributed by atoms with van der Waals surface area (Å²) < 4.78 is 59.4. The average molecular weight is 559 g/mol. The van der Waals surface area contributed by atoms with Crippen molar-refractivity contribution in [3.05, 3.63) is 77.2 Å². The van der Waals surface area contributed by atoms with Crippen molar-refractivity contribution in [2.45, 2.75) is 36.7 Å². The van der Waals surface area contributed by atoms with Crippen molar-refractivity contribution in [1.82, 2.24) is 0 Å². The lowest BCUT2D eigenvalue weighted by Crippen LogP contribution is -2.26. The van der Waals surface area contributed by atoms with Gasteiger partial charge in [-0.2, -0.15) is 13.2 Å². The Balaban J connectivity index is 0.000000604. The molecule has 13 heteroatoms. The first kappa shape index (κ1) is 29.6. The minimum atomic E-state index is -5.08. The number of alkyl halides is 3. The molecular formula is C24H25F3N2O6S2. The van der Waals surface area contributed by atoms with E-state index in [0.717, 1.165) is 29.7 Å². The van der Waals surface area contributed by atoms with E-state index in [1.54, 1.807) is 23.6 Å². The predicted octanol–water partition coefficient (Wildman–Crippen LogP) is 5.69. The summed E-state index contributed by atoms with van der Waals surface area (Å²) in [6, 6.07) is 17.7. The molecule has 0 atom stereocenters. The van der Waals surface area contributed by atoms with Gasteiger partial charge in [0.05, 0.1) is 11.3 Å². The zero-order valence-electron chi connectivity index (χ0n) is 19.6. The van der Waals surface area contributed by atoms with E-state index in [2.05, 4.69) is 11.6 Å². The van der Waals surface area contributed by atoms with Crippen LogP contribution >= 0.6 is 11.3 Å². The summed E-state index contributed by atoms with van der Waals surface area (Å²) in [5, 5.41) is 18.6. The van der Waals surface area contributed by atoms with Crippen LogP contribution in [0.5, 0.6) is 0 Å². The van der Waals surface area contributed by atoms with Gasteiger partial charge in [0.2, 0.25) is 0 Å². The molecule has 0 aliphatic carbocycles. The standard InChI is InChI=1S/C22H24N2O4S2.C2HF3O2/c1-2-3-13-24(16-17-8-5-4-6-9-17)20-12-11-18(15-19(20)22(25)26)23-30(27,28)21-10-7-14-29-21;3-2(4,5)1(6)7/h4-12,14-15,23H,2-3,13,16H2,1H3,(H,25,26);(H,6,7). The van der Waals surface area contributed by atoms with Gasteiger partial charge >= 0.3 is 18.1 Å². The Hall–Kier alpha value is -3.58. The number of hydrogen-bond acceptors (Lipinski definition) is 6. The molecule has 2 aromatic carbocycles. The number of halogens is 3. The Kier molecular flexibility index (Phi) is 10.5. The van der Waals surface area contributed by atoms with Crippen LogP contribution in [0.25, 0.3) is 0 Å². The van der Waals surface area contributed by atoms with E-state index in [-0.39, 0.29) is 15.5 Å². The van der Waals surface area contributed by atoms with Crippen LogP contribution in [0, 0.1) is 0 Å². The van der Waals surface area contributed by atoms with Gasteiger partial charge in [0.1, 0.15) is 4.21 Å². The number of aromatic carboxylic acids is 1. The molecule has 37 heavy (non-hydrogen) atoms. The van der Waals surface area contributed by atoms with Crippen molar-refractivity contribution >= 4 is 44.7 Å². The van der Waals surface area contributed by atoms with Gasteiger partial charge in [0, 0.05) is 18.8 Å². The van der Waals surface area contributed by atoms with Crippen molar-refractivity contribution in [3.63, 3.8) is 0 Å². The lowest BCUT2D eigenvalue weighted by atomic mass is 10.1. The first-order chi connectivity index (χ1) is 17.3. The topological polar surface area (TPSA) is 124 Å². The molecule has 0 saturated carbocycles. The van der Waals surface area contributed by atoms with E-state index in [0.29, 0.717) is 18.8 Å². The van der Waals surface area contributed by atoms with Crippen molar-refractivity contribution < 1.29 is 41.4 Å². The summed E-state index contributed by atoms with van der Waals surface area (Å²) in [6.07, 6.45) is -3.19. The van der Waals surface area contributed by atoms with Gasteiger partial charge in [-0.25, -0.2) is 18.0 Å². The van der Waals surface area contributed by atoms with Crippen LogP contribution in [-0.2, 0) is 21.4 Å². The van der Waals surface area contributed by atoms with Crippen LogP contribution in [0.4, 0.5) is 24.5 Å². The van der Waals surface area contributed by atoms with E-state index < -0.39 is 28.1 Å². The zero-order chi connectivity index (χ0) is 27.6. The van der Waals surface area contributed by atoms with Gasteiger partial charge in [-0.3, -0.25) is 4.72 Å². The fraction of sp³-hybridized carbons (Fsp3) is 0.250. The smallest absolute Gasteiger partial charge is 0.478 e. The maximum atomic E-state index is 12.5. The van der Waals surface area contributed by atoms with E-state index in [1.807, 2.05) is 35.2 Å². The van der Waals surface area contributed by atoms with Crippen LogP contribution in [0.1, 0.15) is 35.7 Å². The molecule has 1 aromatic heterocycles. The van der Waals surface area contributed by atoms with Gasteiger partial charge in [-0.1, -0.05) is 49.7 Å². The molecule has 0 fully saturated rings. The third-order valence-corrected chi connectivity index (χ3v) is 7.60. The highest BCUT2D eigenvalue weighted by molar-refractivity contribution is 7.94. The highest BCUT2D eigenvalue weighted by Crippen LogP contribution is 2.28. The van der Waals surface area contributed by atoms with Crippen molar-refractivity contribution in [1.29, 1.82) is 0 Å². The monoisotopic (exact) mass is 558 g/mol. The Morgan fingerprint density at radius 2 is 1.68 bits per heavy atom. The largest absolute Gasteiger partial charge is 0.490 e. The molecule has 0 radical (unpaired) electrons. The number of anilines is 2. The number of hydrogen-bond donors (Lipinski definition) is 3. The first-order valence-corrected chi connectivity index (χ1v) is 13.2. The van der Waals surface area contributed by atoms with Crippen LogP contribution < -0.4 is 9.62 Å². The summed E-state index contributed by atoms with van der Waals surface area (Å²) in [5.74, 6) is -3.86. The second-order valence-corrected chi connectivity index (χ2v) is 10.5. The lowest BCUT2D eigenvalue weighted by molar-refractivity contribution is -0.192. The predicted molar refractivity (Wildman–Crippen MR) is 135 cm³/mol. The van der Waals surface area contributed by atoms with Crippen LogP contribution in [0.15, 0.2) is 70.3 Å². The second kappa shape index (κ2) is 13.1. The molecule has 200 valence electrons. The molecule has 0 aliphatic heterocycles. The molecular weight excluding hydrogens is 533 g/mol. The molecule has 0 bridgehead atoms. The van der Waals surface area contributed by atoms with Gasteiger partial charge < -0.3 is 15.1 Å². The summed E-state index contributed by atoms with van der Waals surface area (Å²) in [7, 11) is -3.75. The van der Waals surface area contributed by atoms with Gasteiger partial charge in [0.25, 0.3) is 10.0 Å². The fourth-order valence-electron chi connectivity index (χ4n) is 3.11. The molecule has 0 spiro atoms. The fourth-order valence-corrected chi connectivity index (χ4v) is 5.15. The summed E-state index contributed by atoms with van der Waals surface area (Å²) in [4.78, 5) is 22.9. The summed E-state index contributed by atoms with van der Waals surface area (Å²) in [5.41, 5.74) is 1.93. The molecule has 0 amide bonds. The Morgan fingerprint density at radius 1 is 1.03 bits per heavy atom. The molecule has 3 aromatic rings. The van der Waals surface area contributed by atoms with Crippen LogP contribution in [0.2, 0.25) is 0 Å². The third kappa shape index (κ3) is 9.10. The number of nitrogens with zero attached hydrogens (tertiary/aromatic N) is 1. The number of aliphatic carboxylic acids is 1. The molecule has 3 N–H and O–H groups in total. The van der Waals surface area contributed by atoms with Gasteiger partial charge in [-0.15, -0.1) is 11.3 Å². The minimum Gasteiger partial charge on any atom is -0.478 e. The Morgan fingerprint density at radius 3 is 2.19 bits per heavy atom. The van der Waals surface area contributed by atoms with Crippen molar-refractivity contribution in [2.24, 2.45) is 0 Å². The number of carboxylic acid groups (broad SMARTS) is 2. The van der Waals surface area contributed by atoms with Crippen LogP contribution in [-0.4, -0.2) is 43.3 Å². The van der Waals surface area contributed by atoms with Crippen LogP contribution in [0.3, 0.4) is 0 Å². The number of carboxylic acids is 2. The molecule has 0 saturated heterocycles. The molecule has 8 nitrogen and oxygen atoms in total. The van der Waals surface area contributed by atoms with Crippen molar-refractivity contribution in [2.75, 3.05) is 16.2 Å². The van der Waals surface area contributed by atoms with E-state index in [9.17, 15) is 31.5 Å². The molecule has 0 aliphatic rings. The normalized spacial score (nSPS) is 11.2. The number of carbonyl (C=O) groups is 2. The van der Waals surface area contributed by atoms with E-state index in [1.165, 1.54) is 12.1 Å². The molecule has 0 unspecified atom stereocenters. The molecule has 1 heterocycles. The zero-order valence-corrected chi connectivity index (χ0v) is 21.2. The quantitative estimate of drug-likeness (QED) is 0.292. The van der Waals surface area contributed by atoms with E-state index in [4.69, 9.17) is 9.90 Å². The van der Waals surface area contributed by atoms with E-state index >= 15 is 0 Å². The maximum Gasteiger partial charge on any atom is 0.490 e. The maximum absolute atomic E-state index is 12.5. The number of nitrogens with one attached hydrogen (secondary N) is 1. The van der Waals surface area contributed by atoms with Gasteiger partial charge in [-0.05, 0) is 41.6 Å². The number of rotatable bonds is 10. The number of benzene rings is 2. The lowest BCUT2D eigenvalue weighted by Gasteiger charge is -2.27. The SMILES string of the molecule is CCCCN(Cc1ccccc1)c1ccc(NS(=O)(=O)c2cccs2)cc1C(=O)O.O=C(O)C(F)(F)F. The van der Waals surface area contributed by atoms with Gasteiger partial charge in [0.15, 0.2) is 0 Å². The second-order valence-electron chi connectivity index (χ2n) is 7.64. The average Bonchev–Trinajstić information content (AvgIpc) is 3.38. The third-order valence-electron chi connectivity index (χ3n) is 4.82. The highest BCUT2D eigenvalue weighted by Gasteiger charge is 2.38. The molecule has 3 rings (SSSR count). The first-order valence-electron chi connectivity index (χ1n) is 10.9. The number of unbranched alkanes of at least 4 members (excludes halogenated alkanes) is 1.